The summed E-state index contributed by atoms with van der Waals surface area (Å²) in [6.45, 7) is 4.27. The minimum Gasteiger partial charge on any atom is -0.497 e. The van der Waals surface area contributed by atoms with Crippen LogP contribution in [0.25, 0.3) is 11.1 Å². The summed E-state index contributed by atoms with van der Waals surface area (Å²) >= 11 is 0. The molecule has 1 aromatic heterocycles. The fourth-order valence-electron chi connectivity index (χ4n) is 4.54. The van der Waals surface area contributed by atoms with E-state index in [1.54, 1.807) is 7.11 Å². The first-order chi connectivity index (χ1) is 15.0. The van der Waals surface area contributed by atoms with Crippen LogP contribution in [-0.2, 0) is 4.79 Å². The maximum absolute atomic E-state index is 12.7. The lowest BCUT2D eigenvalue weighted by Crippen LogP contribution is -2.43. The maximum Gasteiger partial charge on any atom is 0.236 e. The minimum atomic E-state index is 0.271. The Balaban J connectivity index is 1.51. The van der Waals surface area contributed by atoms with E-state index in [1.807, 2.05) is 42.2 Å². The van der Waals surface area contributed by atoms with Gasteiger partial charge in [-0.2, -0.15) is 0 Å². The van der Waals surface area contributed by atoms with Crippen molar-refractivity contribution in [2.45, 2.75) is 31.6 Å². The molecule has 4 rings (SSSR count). The number of likely N-dealkylation sites (tertiary alicyclic amines) is 2. The fourth-order valence-corrected chi connectivity index (χ4v) is 4.54. The number of carbonyl (C=O) groups is 1. The molecule has 2 aromatic rings. The van der Waals surface area contributed by atoms with Gasteiger partial charge in [-0.25, -0.2) is 9.97 Å². The molecule has 0 saturated carbocycles. The summed E-state index contributed by atoms with van der Waals surface area (Å²) in [6.07, 6.45) is 6.22. The van der Waals surface area contributed by atoms with E-state index >= 15 is 0 Å². The Kier molecular flexibility index (Phi) is 6.70. The standard InChI is InChI=1S/C24H33N5O2/c1-27(2)24-25-16-21(18-6-8-20(31-3)9-7-18)23(26-24)19-10-14-29(15-11-19)22(30)17-28-12-4-5-13-28/h6-9,16,19H,4-5,10-15,17H2,1-3H3. The molecule has 0 aliphatic carbocycles. The second-order valence-corrected chi connectivity index (χ2v) is 8.73. The van der Waals surface area contributed by atoms with E-state index in [0.29, 0.717) is 12.5 Å². The molecule has 3 heterocycles. The topological polar surface area (TPSA) is 61.8 Å². The van der Waals surface area contributed by atoms with E-state index < -0.39 is 0 Å². The molecule has 0 unspecified atom stereocenters. The van der Waals surface area contributed by atoms with Crippen molar-refractivity contribution in [2.24, 2.45) is 0 Å². The van der Waals surface area contributed by atoms with Crippen molar-refractivity contribution in [3.05, 3.63) is 36.2 Å². The van der Waals surface area contributed by atoms with Gasteiger partial charge in [0, 0.05) is 44.9 Å². The quantitative estimate of drug-likeness (QED) is 0.712. The van der Waals surface area contributed by atoms with Gasteiger partial charge < -0.3 is 14.5 Å². The lowest BCUT2D eigenvalue weighted by atomic mass is 9.89. The van der Waals surface area contributed by atoms with E-state index in [2.05, 4.69) is 22.0 Å². The molecule has 2 aliphatic heterocycles. The molecule has 0 atom stereocenters. The highest BCUT2D eigenvalue weighted by Crippen LogP contribution is 2.35. The molecule has 31 heavy (non-hydrogen) atoms. The van der Waals surface area contributed by atoms with Crippen LogP contribution in [0.5, 0.6) is 5.75 Å². The minimum absolute atomic E-state index is 0.271. The molecule has 7 nitrogen and oxygen atoms in total. The summed E-state index contributed by atoms with van der Waals surface area (Å²) < 4.78 is 5.31. The molecule has 2 saturated heterocycles. The van der Waals surface area contributed by atoms with Gasteiger partial charge in [-0.05, 0) is 56.5 Å². The number of piperidine rings is 1. The second kappa shape index (κ2) is 9.64. The zero-order valence-electron chi connectivity index (χ0n) is 18.9. The number of hydrogen-bond donors (Lipinski definition) is 0. The van der Waals surface area contributed by atoms with Gasteiger partial charge in [0.1, 0.15) is 5.75 Å². The predicted octanol–water partition coefficient (Wildman–Crippen LogP) is 3.02. The van der Waals surface area contributed by atoms with Crippen molar-refractivity contribution in [1.82, 2.24) is 19.8 Å². The summed E-state index contributed by atoms with van der Waals surface area (Å²) in [7, 11) is 5.60. The van der Waals surface area contributed by atoms with Gasteiger partial charge >= 0.3 is 0 Å². The summed E-state index contributed by atoms with van der Waals surface area (Å²) in [4.78, 5) is 28.5. The number of carbonyl (C=O) groups excluding carboxylic acids is 1. The molecule has 0 spiro atoms. The van der Waals surface area contributed by atoms with Crippen molar-refractivity contribution in [3.8, 4) is 16.9 Å². The molecule has 7 heteroatoms. The Bertz CT molecular complexity index is 885. The summed E-state index contributed by atoms with van der Waals surface area (Å²) in [5.41, 5.74) is 3.24. The molecule has 0 radical (unpaired) electrons. The first kappa shape index (κ1) is 21.6. The van der Waals surface area contributed by atoms with Crippen LogP contribution < -0.4 is 9.64 Å². The molecule has 2 aliphatic rings. The van der Waals surface area contributed by atoms with E-state index in [0.717, 1.165) is 67.5 Å². The van der Waals surface area contributed by atoms with Crippen molar-refractivity contribution in [3.63, 3.8) is 0 Å². The zero-order valence-corrected chi connectivity index (χ0v) is 18.9. The highest BCUT2D eigenvalue weighted by molar-refractivity contribution is 5.78. The number of amides is 1. The van der Waals surface area contributed by atoms with Crippen molar-refractivity contribution in [2.75, 3.05) is 58.8 Å². The molecule has 0 bridgehead atoms. The number of hydrogen-bond acceptors (Lipinski definition) is 6. The lowest BCUT2D eigenvalue weighted by Gasteiger charge is -2.33. The number of nitrogens with zero attached hydrogens (tertiary/aromatic N) is 5. The number of rotatable bonds is 6. The fraction of sp³-hybridized carbons (Fsp3) is 0.542. The van der Waals surface area contributed by atoms with Crippen molar-refractivity contribution < 1.29 is 9.53 Å². The molecular weight excluding hydrogens is 390 g/mol. The van der Waals surface area contributed by atoms with Gasteiger partial charge in [-0.15, -0.1) is 0 Å². The smallest absolute Gasteiger partial charge is 0.236 e. The molecule has 166 valence electrons. The van der Waals surface area contributed by atoms with Crippen LogP contribution in [0.3, 0.4) is 0 Å². The highest BCUT2D eigenvalue weighted by Gasteiger charge is 2.28. The second-order valence-electron chi connectivity index (χ2n) is 8.73. The van der Waals surface area contributed by atoms with E-state index in [4.69, 9.17) is 9.72 Å². The Morgan fingerprint density at radius 2 is 1.77 bits per heavy atom. The maximum atomic E-state index is 12.7. The lowest BCUT2D eigenvalue weighted by molar-refractivity contribution is -0.133. The van der Waals surface area contributed by atoms with Crippen LogP contribution in [-0.4, -0.2) is 79.6 Å². The SMILES string of the molecule is COc1ccc(-c2cnc(N(C)C)nc2C2CCN(C(=O)CN3CCCC3)CC2)cc1. The van der Waals surface area contributed by atoms with Crippen LogP contribution in [0.15, 0.2) is 30.5 Å². The van der Waals surface area contributed by atoms with Gasteiger partial charge in [0.2, 0.25) is 11.9 Å². The number of methoxy groups -OCH3 is 1. The normalized spacial score (nSPS) is 17.7. The van der Waals surface area contributed by atoms with Crippen LogP contribution >= 0.6 is 0 Å². The largest absolute Gasteiger partial charge is 0.497 e. The summed E-state index contributed by atoms with van der Waals surface area (Å²) in [5, 5.41) is 0. The molecular formula is C24H33N5O2. The third kappa shape index (κ3) is 4.98. The first-order valence-corrected chi connectivity index (χ1v) is 11.2. The number of ether oxygens (including phenoxy) is 1. The molecule has 1 aromatic carbocycles. The Hall–Kier alpha value is -2.67. The van der Waals surface area contributed by atoms with E-state index in [1.165, 1.54) is 12.8 Å². The first-order valence-electron chi connectivity index (χ1n) is 11.2. The number of aromatic nitrogens is 2. The van der Waals surface area contributed by atoms with Gasteiger partial charge in [-0.3, -0.25) is 9.69 Å². The number of anilines is 1. The summed E-state index contributed by atoms with van der Waals surface area (Å²) in [5.74, 6) is 2.14. The van der Waals surface area contributed by atoms with Crippen LogP contribution in [0.4, 0.5) is 5.95 Å². The predicted molar refractivity (Wildman–Crippen MR) is 123 cm³/mol. The van der Waals surface area contributed by atoms with E-state index in [9.17, 15) is 4.79 Å². The van der Waals surface area contributed by atoms with Crippen LogP contribution in [0.1, 0.15) is 37.3 Å². The van der Waals surface area contributed by atoms with Crippen LogP contribution in [0.2, 0.25) is 0 Å². The Morgan fingerprint density at radius 1 is 1.10 bits per heavy atom. The number of benzene rings is 1. The van der Waals surface area contributed by atoms with Gasteiger partial charge in [0.05, 0.1) is 19.3 Å². The Labute approximate surface area is 185 Å². The van der Waals surface area contributed by atoms with Crippen molar-refractivity contribution in [1.29, 1.82) is 0 Å². The van der Waals surface area contributed by atoms with E-state index in [-0.39, 0.29) is 5.91 Å². The van der Waals surface area contributed by atoms with Gasteiger partial charge in [0.15, 0.2) is 0 Å². The average Bonchev–Trinajstić information content (AvgIpc) is 3.32. The average molecular weight is 424 g/mol. The molecule has 0 N–H and O–H groups in total. The summed E-state index contributed by atoms with van der Waals surface area (Å²) in [6, 6.07) is 8.06. The molecule has 2 fully saturated rings. The van der Waals surface area contributed by atoms with Gasteiger partial charge in [0.25, 0.3) is 0 Å². The van der Waals surface area contributed by atoms with Gasteiger partial charge in [-0.1, -0.05) is 12.1 Å². The monoisotopic (exact) mass is 423 g/mol. The van der Waals surface area contributed by atoms with Crippen molar-refractivity contribution >= 4 is 11.9 Å². The molecule has 1 amide bonds. The van der Waals surface area contributed by atoms with Crippen LogP contribution in [0, 0.1) is 0 Å². The third-order valence-corrected chi connectivity index (χ3v) is 6.40. The highest BCUT2D eigenvalue weighted by atomic mass is 16.5. The zero-order chi connectivity index (χ0) is 21.8. The third-order valence-electron chi connectivity index (χ3n) is 6.40. The Morgan fingerprint density at radius 3 is 2.39 bits per heavy atom.